The molecule has 30 heavy (non-hydrogen) atoms. The number of benzene rings is 2. The van der Waals surface area contributed by atoms with Crippen LogP contribution in [0, 0.1) is 5.41 Å². The fraction of sp³-hybridized carbons (Fsp3) is 0.192. The third-order valence-corrected chi connectivity index (χ3v) is 7.56. The van der Waals surface area contributed by atoms with E-state index in [0.29, 0.717) is 0 Å². The molecule has 0 radical (unpaired) electrons. The quantitative estimate of drug-likeness (QED) is 0.308. The summed E-state index contributed by atoms with van der Waals surface area (Å²) in [4.78, 5) is 7.04. The van der Waals surface area contributed by atoms with Crippen LogP contribution in [-0.4, -0.2) is 4.98 Å². The van der Waals surface area contributed by atoms with Crippen molar-refractivity contribution in [3.63, 3.8) is 0 Å². The van der Waals surface area contributed by atoms with Gasteiger partial charge in [-0.25, -0.2) is 4.98 Å². The largest absolute Gasteiger partial charge is 0.333 e. The number of allylic oxidation sites excluding steroid dienone is 2. The fourth-order valence-electron chi connectivity index (χ4n) is 5.55. The third kappa shape index (κ3) is 2.50. The Labute approximate surface area is 193 Å². The second kappa shape index (κ2) is 6.41. The summed E-state index contributed by atoms with van der Waals surface area (Å²) in [7, 11) is 0. The Morgan fingerprint density at radius 3 is 2.47 bits per heavy atom. The molecule has 2 nitrogen and oxygen atoms in total. The van der Waals surface area contributed by atoms with E-state index in [-0.39, 0.29) is 11.5 Å². The van der Waals surface area contributed by atoms with Crippen LogP contribution in [0.1, 0.15) is 42.1 Å². The highest BCUT2D eigenvalue weighted by Gasteiger charge is 2.49. The summed E-state index contributed by atoms with van der Waals surface area (Å²) in [6.07, 6.45) is 3.38. The molecule has 148 valence electrons. The van der Waals surface area contributed by atoms with Gasteiger partial charge in [-0.1, -0.05) is 68.5 Å². The molecule has 6 rings (SSSR count). The van der Waals surface area contributed by atoms with Crippen LogP contribution in [0.2, 0.25) is 0 Å². The smallest absolute Gasteiger partial charge is 0.109 e. The van der Waals surface area contributed by atoms with Crippen molar-refractivity contribution in [3.05, 3.63) is 103 Å². The number of halogens is 2. The predicted molar refractivity (Wildman–Crippen MR) is 130 cm³/mol. The first kappa shape index (κ1) is 18.6. The lowest BCUT2D eigenvalue weighted by Crippen LogP contribution is -2.39. The summed E-state index contributed by atoms with van der Waals surface area (Å²) in [6, 6.07) is 22.2. The molecule has 0 amide bonds. The number of hydrogen-bond donors (Lipinski definition) is 0. The number of fused-ring (bicyclic) bond motifs is 5. The minimum atomic E-state index is -0.0381. The van der Waals surface area contributed by atoms with Crippen molar-refractivity contribution >= 4 is 49.2 Å². The van der Waals surface area contributed by atoms with Crippen molar-refractivity contribution in [3.8, 4) is 0 Å². The molecule has 3 aromatic rings. The third-order valence-electron chi connectivity index (χ3n) is 6.75. The zero-order valence-corrected chi connectivity index (χ0v) is 20.0. The monoisotopic (exact) mass is 518 g/mol. The molecule has 1 aromatic heterocycles. The first-order chi connectivity index (χ1) is 14.4. The van der Waals surface area contributed by atoms with Gasteiger partial charge in [0.1, 0.15) is 9.21 Å². The molecular formula is C26H20Br2N2. The van der Waals surface area contributed by atoms with E-state index in [2.05, 4.69) is 122 Å². The molecule has 4 heteroatoms. The first-order valence-corrected chi connectivity index (χ1v) is 11.8. The lowest BCUT2D eigenvalue weighted by Gasteiger charge is -2.47. The average molecular weight is 520 g/mol. The van der Waals surface area contributed by atoms with Gasteiger partial charge in [0, 0.05) is 23.2 Å². The van der Waals surface area contributed by atoms with E-state index < -0.39 is 0 Å². The van der Waals surface area contributed by atoms with Crippen molar-refractivity contribution in [1.29, 1.82) is 0 Å². The number of hydrogen-bond acceptors (Lipinski definition) is 2. The standard InChI is InChI=1S/C26H20Br2N2/c1-26(2)20-11-15-7-4-6-10-19(15)25(20)30(17-13-22(27)29-23(28)14-17)21-12-16-8-3-5-9-18(16)24(21)26/h3-11,13-14,25H,12H2,1-2H3. The normalized spacial score (nSPS) is 20.5. The molecule has 1 atom stereocenters. The topological polar surface area (TPSA) is 16.1 Å². The minimum Gasteiger partial charge on any atom is -0.333 e. The van der Waals surface area contributed by atoms with Crippen LogP contribution >= 0.6 is 31.9 Å². The molecule has 1 aliphatic heterocycles. The maximum absolute atomic E-state index is 4.49. The molecular weight excluding hydrogens is 500 g/mol. The van der Waals surface area contributed by atoms with Crippen LogP contribution in [0.4, 0.5) is 5.69 Å². The number of anilines is 1. The van der Waals surface area contributed by atoms with Crippen molar-refractivity contribution in [2.24, 2.45) is 5.41 Å². The summed E-state index contributed by atoms with van der Waals surface area (Å²) >= 11 is 7.22. The van der Waals surface area contributed by atoms with E-state index in [9.17, 15) is 0 Å². The summed E-state index contributed by atoms with van der Waals surface area (Å²) < 4.78 is 1.68. The Bertz CT molecular complexity index is 1270. The van der Waals surface area contributed by atoms with Gasteiger partial charge in [-0.2, -0.15) is 0 Å². The van der Waals surface area contributed by atoms with Crippen LogP contribution in [0.5, 0.6) is 0 Å². The molecule has 2 aromatic carbocycles. The highest BCUT2D eigenvalue weighted by atomic mass is 79.9. The number of rotatable bonds is 1. The predicted octanol–water partition coefficient (Wildman–Crippen LogP) is 7.56. The van der Waals surface area contributed by atoms with Gasteiger partial charge >= 0.3 is 0 Å². The van der Waals surface area contributed by atoms with Gasteiger partial charge < -0.3 is 4.90 Å². The molecule has 0 bridgehead atoms. The highest BCUT2D eigenvalue weighted by Crippen LogP contribution is 2.61. The second-order valence-electron chi connectivity index (χ2n) is 8.75. The van der Waals surface area contributed by atoms with Crippen LogP contribution in [0.25, 0.3) is 11.6 Å². The summed E-state index contributed by atoms with van der Waals surface area (Å²) in [5, 5.41) is 0. The van der Waals surface area contributed by atoms with E-state index in [1.54, 1.807) is 0 Å². The lowest BCUT2D eigenvalue weighted by atomic mass is 9.69. The Kier molecular flexibility index (Phi) is 3.97. The number of nitrogens with zero attached hydrogens (tertiary/aromatic N) is 2. The molecule has 3 aliphatic rings. The average Bonchev–Trinajstić information content (AvgIpc) is 3.28. The molecule has 0 spiro atoms. The van der Waals surface area contributed by atoms with E-state index in [0.717, 1.165) is 21.3 Å². The van der Waals surface area contributed by atoms with Crippen molar-refractivity contribution in [1.82, 2.24) is 4.98 Å². The summed E-state index contributed by atoms with van der Waals surface area (Å²) in [5.74, 6) is 0. The van der Waals surface area contributed by atoms with Crippen molar-refractivity contribution in [2.75, 3.05) is 4.90 Å². The number of pyridine rings is 1. The SMILES string of the molecule is CC1(C)C2=Cc3ccccc3C2N(c2cc(Br)nc(Br)c2)C2=C1c1ccccc1C2. The Hall–Kier alpha value is -2.17. The van der Waals surface area contributed by atoms with Gasteiger partial charge in [0.2, 0.25) is 0 Å². The molecule has 0 saturated heterocycles. The zero-order chi connectivity index (χ0) is 20.6. The fourth-order valence-corrected chi connectivity index (χ4v) is 6.64. The first-order valence-electron chi connectivity index (χ1n) is 10.2. The Morgan fingerprint density at radius 1 is 0.967 bits per heavy atom. The second-order valence-corrected chi connectivity index (χ2v) is 10.4. The van der Waals surface area contributed by atoms with E-state index >= 15 is 0 Å². The maximum atomic E-state index is 4.49. The van der Waals surface area contributed by atoms with Gasteiger partial charge in [-0.15, -0.1) is 0 Å². The van der Waals surface area contributed by atoms with Gasteiger partial charge in [-0.3, -0.25) is 0 Å². The molecule has 2 heterocycles. The van der Waals surface area contributed by atoms with E-state index in [4.69, 9.17) is 0 Å². The van der Waals surface area contributed by atoms with Crippen LogP contribution in [0.3, 0.4) is 0 Å². The van der Waals surface area contributed by atoms with E-state index in [1.807, 2.05) is 0 Å². The van der Waals surface area contributed by atoms with Gasteiger partial charge in [0.05, 0.1) is 6.04 Å². The van der Waals surface area contributed by atoms with Gasteiger partial charge in [0.15, 0.2) is 0 Å². The van der Waals surface area contributed by atoms with Crippen LogP contribution in [-0.2, 0) is 6.42 Å². The molecule has 2 aliphatic carbocycles. The molecule has 1 unspecified atom stereocenters. The Balaban J connectivity index is 1.67. The molecule has 0 fully saturated rings. The zero-order valence-electron chi connectivity index (χ0n) is 16.8. The van der Waals surface area contributed by atoms with Gasteiger partial charge in [0.25, 0.3) is 0 Å². The summed E-state index contributed by atoms with van der Waals surface area (Å²) in [5.41, 5.74) is 11.0. The van der Waals surface area contributed by atoms with Gasteiger partial charge in [-0.05, 0) is 77.4 Å². The highest BCUT2D eigenvalue weighted by molar-refractivity contribution is 9.11. The Morgan fingerprint density at radius 2 is 1.67 bits per heavy atom. The number of aromatic nitrogens is 1. The van der Waals surface area contributed by atoms with Crippen molar-refractivity contribution < 1.29 is 0 Å². The molecule has 0 N–H and O–H groups in total. The van der Waals surface area contributed by atoms with Crippen molar-refractivity contribution in [2.45, 2.75) is 26.3 Å². The van der Waals surface area contributed by atoms with Crippen LogP contribution < -0.4 is 4.90 Å². The maximum Gasteiger partial charge on any atom is 0.109 e. The molecule has 0 saturated carbocycles. The lowest BCUT2D eigenvalue weighted by molar-refractivity contribution is 0.521. The van der Waals surface area contributed by atoms with E-state index in [1.165, 1.54) is 39.1 Å². The minimum absolute atomic E-state index is 0.0381. The van der Waals surface area contributed by atoms with Crippen LogP contribution in [0.15, 0.2) is 81.1 Å². The summed E-state index contributed by atoms with van der Waals surface area (Å²) in [6.45, 7) is 4.79.